The summed E-state index contributed by atoms with van der Waals surface area (Å²) in [7, 11) is 1.53. The van der Waals surface area contributed by atoms with Crippen molar-refractivity contribution in [3.05, 3.63) is 29.6 Å². The van der Waals surface area contributed by atoms with Crippen molar-refractivity contribution in [3.8, 4) is 5.75 Å². The van der Waals surface area contributed by atoms with Crippen molar-refractivity contribution < 1.29 is 13.9 Å². The van der Waals surface area contributed by atoms with Crippen LogP contribution < -0.4 is 10.1 Å². The molecule has 0 amide bonds. The number of hydrogen-bond donors (Lipinski definition) is 1. The minimum Gasteiger partial charge on any atom is -0.497 e. The number of halogens is 1. The lowest BCUT2D eigenvalue weighted by molar-refractivity contribution is 0.0239. The monoisotopic (exact) mass is 239 g/mol. The topological polar surface area (TPSA) is 30.5 Å². The molecule has 0 saturated carbocycles. The third-order valence-corrected chi connectivity index (χ3v) is 2.99. The first-order chi connectivity index (χ1) is 8.29. The van der Waals surface area contributed by atoms with Gasteiger partial charge in [-0.1, -0.05) is 6.07 Å². The minimum absolute atomic E-state index is 0.199. The molecule has 3 nitrogen and oxygen atoms in total. The Hall–Kier alpha value is -1.13. The Balaban J connectivity index is 1.89. The van der Waals surface area contributed by atoms with Crippen LogP contribution in [0.1, 0.15) is 18.4 Å². The van der Waals surface area contributed by atoms with Crippen LogP contribution in [-0.2, 0) is 11.3 Å². The Labute approximate surface area is 101 Å². The predicted molar refractivity (Wildman–Crippen MR) is 63.6 cm³/mol. The smallest absolute Gasteiger partial charge is 0.132 e. The summed E-state index contributed by atoms with van der Waals surface area (Å²) in [6.07, 6.45) is 2.37. The molecule has 0 aliphatic carbocycles. The molecule has 17 heavy (non-hydrogen) atoms. The third kappa shape index (κ3) is 3.41. The highest BCUT2D eigenvalue weighted by molar-refractivity contribution is 5.28. The van der Waals surface area contributed by atoms with E-state index in [4.69, 9.17) is 9.47 Å². The number of nitrogens with one attached hydrogen (secondary N) is 1. The first kappa shape index (κ1) is 12.3. The van der Waals surface area contributed by atoms with Gasteiger partial charge in [0, 0.05) is 18.2 Å². The van der Waals surface area contributed by atoms with E-state index in [0.717, 1.165) is 25.9 Å². The average Bonchev–Trinajstić information content (AvgIpc) is 2.38. The number of methoxy groups -OCH3 is 1. The van der Waals surface area contributed by atoms with E-state index in [0.29, 0.717) is 17.9 Å². The summed E-state index contributed by atoms with van der Waals surface area (Å²) >= 11 is 0. The number of benzene rings is 1. The zero-order chi connectivity index (χ0) is 12.1. The lowest BCUT2D eigenvalue weighted by Gasteiger charge is -2.23. The Morgan fingerprint density at radius 3 is 3.00 bits per heavy atom. The van der Waals surface area contributed by atoms with Gasteiger partial charge in [-0.05, 0) is 25.5 Å². The van der Waals surface area contributed by atoms with Crippen molar-refractivity contribution in [2.75, 3.05) is 20.2 Å². The number of rotatable bonds is 4. The van der Waals surface area contributed by atoms with Crippen molar-refractivity contribution in [1.82, 2.24) is 5.32 Å². The summed E-state index contributed by atoms with van der Waals surface area (Å²) in [4.78, 5) is 0. The quantitative estimate of drug-likeness (QED) is 0.873. The fraction of sp³-hybridized carbons (Fsp3) is 0.538. The van der Waals surface area contributed by atoms with Crippen LogP contribution in [0.4, 0.5) is 4.39 Å². The molecule has 1 aromatic rings. The Morgan fingerprint density at radius 1 is 1.47 bits per heavy atom. The molecule has 0 spiro atoms. The lowest BCUT2D eigenvalue weighted by atomic mass is 10.1. The van der Waals surface area contributed by atoms with Crippen molar-refractivity contribution in [2.24, 2.45) is 0 Å². The Bertz CT molecular complexity index is 364. The van der Waals surface area contributed by atoms with Crippen LogP contribution in [0.25, 0.3) is 0 Å². The Morgan fingerprint density at radius 2 is 2.35 bits per heavy atom. The van der Waals surface area contributed by atoms with Crippen LogP contribution in [0.2, 0.25) is 0 Å². The molecule has 2 rings (SSSR count). The zero-order valence-corrected chi connectivity index (χ0v) is 10.0. The summed E-state index contributed by atoms with van der Waals surface area (Å²) in [6, 6.07) is 4.85. The van der Waals surface area contributed by atoms with Gasteiger partial charge in [0.1, 0.15) is 11.6 Å². The van der Waals surface area contributed by atoms with Gasteiger partial charge in [-0.15, -0.1) is 0 Å². The van der Waals surface area contributed by atoms with Crippen LogP contribution in [0.5, 0.6) is 5.75 Å². The highest BCUT2D eigenvalue weighted by atomic mass is 19.1. The summed E-state index contributed by atoms with van der Waals surface area (Å²) in [6.45, 7) is 2.23. The first-order valence-corrected chi connectivity index (χ1v) is 5.94. The van der Waals surface area contributed by atoms with Gasteiger partial charge >= 0.3 is 0 Å². The van der Waals surface area contributed by atoms with Gasteiger partial charge in [-0.25, -0.2) is 4.39 Å². The summed E-state index contributed by atoms with van der Waals surface area (Å²) in [5.41, 5.74) is 0.580. The van der Waals surface area contributed by atoms with E-state index in [-0.39, 0.29) is 11.9 Å². The van der Waals surface area contributed by atoms with Crippen LogP contribution in [-0.4, -0.2) is 26.3 Å². The standard InChI is InChI=1S/C13H18FNO2/c1-16-11-5-4-10(13(14)7-11)9-17-12-3-2-6-15-8-12/h4-5,7,12,15H,2-3,6,8-9H2,1H3. The maximum atomic E-state index is 13.6. The Kier molecular flexibility index (Phi) is 4.34. The van der Waals surface area contributed by atoms with Crippen molar-refractivity contribution in [3.63, 3.8) is 0 Å². The fourth-order valence-corrected chi connectivity index (χ4v) is 1.94. The van der Waals surface area contributed by atoms with Gasteiger partial charge in [0.15, 0.2) is 0 Å². The highest BCUT2D eigenvalue weighted by Crippen LogP contribution is 2.18. The minimum atomic E-state index is -0.270. The van der Waals surface area contributed by atoms with Gasteiger partial charge in [-0.3, -0.25) is 0 Å². The molecule has 0 aromatic heterocycles. The second-order valence-corrected chi connectivity index (χ2v) is 4.24. The normalized spacial score (nSPS) is 20.2. The number of ether oxygens (including phenoxy) is 2. The van der Waals surface area contributed by atoms with Crippen LogP contribution in [0.3, 0.4) is 0 Å². The molecular weight excluding hydrogens is 221 g/mol. The van der Waals surface area contributed by atoms with E-state index in [2.05, 4.69) is 5.32 Å². The molecule has 1 saturated heterocycles. The van der Waals surface area contributed by atoms with E-state index < -0.39 is 0 Å². The van der Waals surface area contributed by atoms with Crippen molar-refractivity contribution in [1.29, 1.82) is 0 Å². The van der Waals surface area contributed by atoms with Gasteiger partial charge in [0.05, 0.1) is 19.8 Å². The number of hydrogen-bond acceptors (Lipinski definition) is 3. The molecule has 4 heteroatoms. The molecule has 0 radical (unpaired) electrons. The first-order valence-electron chi connectivity index (χ1n) is 5.94. The lowest BCUT2D eigenvalue weighted by Crippen LogP contribution is -2.35. The van der Waals surface area contributed by atoms with E-state index in [1.54, 1.807) is 12.1 Å². The van der Waals surface area contributed by atoms with Gasteiger partial charge in [-0.2, -0.15) is 0 Å². The molecule has 1 heterocycles. The molecular formula is C13H18FNO2. The molecule has 1 atom stereocenters. The zero-order valence-electron chi connectivity index (χ0n) is 10.0. The second kappa shape index (κ2) is 5.98. The SMILES string of the molecule is COc1ccc(COC2CCCNC2)c(F)c1. The van der Waals surface area contributed by atoms with Gasteiger partial charge in [0.25, 0.3) is 0 Å². The van der Waals surface area contributed by atoms with Crippen molar-refractivity contribution >= 4 is 0 Å². The van der Waals surface area contributed by atoms with Crippen molar-refractivity contribution in [2.45, 2.75) is 25.6 Å². The van der Waals surface area contributed by atoms with Crippen LogP contribution >= 0.6 is 0 Å². The maximum Gasteiger partial charge on any atom is 0.132 e. The van der Waals surface area contributed by atoms with Crippen LogP contribution in [0, 0.1) is 5.82 Å². The van der Waals surface area contributed by atoms with Gasteiger partial charge in [0.2, 0.25) is 0 Å². The molecule has 1 fully saturated rings. The maximum absolute atomic E-state index is 13.6. The van der Waals surface area contributed by atoms with E-state index in [1.165, 1.54) is 13.2 Å². The molecule has 1 aliphatic heterocycles. The summed E-state index contributed by atoms with van der Waals surface area (Å²) in [5.74, 6) is 0.263. The fourth-order valence-electron chi connectivity index (χ4n) is 1.94. The third-order valence-electron chi connectivity index (χ3n) is 2.99. The highest BCUT2D eigenvalue weighted by Gasteiger charge is 2.14. The summed E-state index contributed by atoms with van der Waals surface area (Å²) < 4.78 is 24.2. The van der Waals surface area contributed by atoms with Gasteiger partial charge < -0.3 is 14.8 Å². The van der Waals surface area contributed by atoms with E-state index in [9.17, 15) is 4.39 Å². The molecule has 1 aromatic carbocycles. The largest absolute Gasteiger partial charge is 0.497 e. The van der Waals surface area contributed by atoms with Crippen LogP contribution in [0.15, 0.2) is 18.2 Å². The number of piperidine rings is 1. The van der Waals surface area contributed by atoms with E-state index >= 15 is 0 Å². The molecule has 1 unspecified atom stereocenters. The molecule has 1 N–H and O–H groups in total. The summed E-state index contributed by atoms with van der Waals surface area (Å²) in [5, 5.41) is 3.27. The van der Waals surface area contributed by atoms with E-state index in [1.807, 2.05) is 0 Å². The second-order valence-electron chi connectivity index (χ2n) is 4.24. The molecule has 0 bridgehead atoms. The molecule has 94 valence electrons. The molecule has 1 aliphatic rings. The predicted octanol–water partition coefficient (Wildman–Crippen LogP) is 2.10. The average molecular weight is 239 g/mol.